The van der Waals surface area contributed by atoms with Gasteiger partial charge in [0.1, 0.15) is 5.69 Å². The molecule has 0 aliphatic rings. The summed E-state index contributed by atoms with van der Waals surface area (Å²) in [5, 5.41) is 5.25. The molecule has 0 aliphatic carbocycles. The average Bonchev–Trinajstić information content (AvgIpc) is 3.27. The summed E-state index contributed by atoms with van der Waals surface area (Å²) in [4.78, 5) is 13.8. The summed E-state index contributed by atoms with van der Waals surface area (Å²) in [6.45, 7) is 4.63. The van der Waals surface area contributed by atoms with Crippen molar-refractivity contribution in [2.75, 3.05) is 0 Å². The van der Waals surface area contributed by atoms with Crippen molar-refractivity contribution in [1.29, 1.82) is 0 Å². The Morgan fingerprint density at radius 2 is 2.08 bits per heavy atom. The number of rotatable bonds is 4. The summed E-state index contributed by atoms with van der Waals surface area (Å²) in [5.74, 6) is 0.768. The lowest BCUT2D eigenvalue weighted by atomic mass is 10.2. The van der Waals surface area contributed by atoms with Gasteiger partial charge in [-0.25, -0.2) is 0 Å². The number of benzene rings is 1. The molecule has 0 saturated heterocycles. The largest absolute Gasteiger partial charge is 0.355 e. The quantitative estimate of drug-likeness (QED) is 0.501. The zero-order valence-electron chi connectivity index (χ0n) is 13.4. The van der Waals surface area contributed by atoms with Crippen LogP contribution < -0.4 is 0 Å². The van der Waals surface area contributed by atoms with E-state index in [-0.39, 0.29) is 0 Å². The second-order valence-electron chi connectivity index (χ2n) is 5.88. The Morgan fingerprint density at radius 3 is 2.83 bits per heavy atom. The van der Waals surface area contributed by atoms with E-state index in [2.05, 4.69) is 31.1 Å². The molecule has 4 aromatic rings. The normalized spacial score (nSPS) is 11.2. The van der Waals surface area contributed by atoms with E-state index in [9.17, 15) is 4.79 Å². The van der Waals surface area contributed by atoms with E-state index in [4.69, 9.17) is 4.52 Å². The number of carbonyl (C=O) groups is 1. The Hall–Kier alpha value is -2.66. The van der Waals surface area contributed by atoms with Crippen LogP contribution in [0.25, 0.3) is 21.5 Å². The van der Waals surface area contributed by atoms with Gasteiger partial charge < -0.3 is 9.09 Å². The lowest BCUT2D eigenvalue weighted by molar-refractivity contribution is 0.111. The van der Waals surface area contributed by atoms with Gasteiger partial charge in [-0.05, 0) is 37.6 Å². The van der Waals surface area contributed by atoms with Crippen LogP contribution in [-0.4, -0.2) is 16.0 Å². The summed E-state index contributed by atoms with van der Waals surface area (Å²) in [6, 6.07) is 14.0. The van der Waals surface area contributed by atoms with E-state index >= 15 is 0 Å². The molecule has 0 atom stereocenters. The Bertz CT molecular complexity index is 1040. The van der Waals surface area contributed by atoms with Crippen LogP contribution in [0.4, 0.5) is 0 Å². The predicted octanol–water partition coefficient (Wildman–Crippen LogP) is 4.84. The van der Waals surface area contributed by atoms with Gasteiger partial charge in [-0.2, -0.15) is 0 Å². The van der Waals surface area contributed by atoms with Gasteiger partial charge in [-0.1, -0.05) is 23.4 Å². The minimum Gasteiger partial charge on any atom is -0.355 e. The molecule has 0 unspecified atom stereocenters. The lowest BCUT2D eigenvalue weighted by Crippen LogP contribution is -2.04. The van der Waals surface area contributed by atoms with Crippen molar-refractivity contribution >= 4 is 28.5 Å². The van der Waals surface area contributed by atoms with Crippen molar-refractivity contribution in [3.8, 4) is 10.6 Å². The summed E-state index contributed by atoms with van der Waals surface area (Å²) >= 11 is 1.68. The number of hydrogen-bond acceptors (Lipinski definition) is 4. The van der Waals surface area contributed by atoms with Crippen LogP contribution in [0.5, 0.6) is 0 Å². The molecule has 4 rings (SSSR count). The number of aromatic nitrogens is 2. The zero-order chi connectivity index (χ0) is 16.7. The molecule has 0 radical (unpaired) electrons. The fourth-order valence-electron chi connectivity index (χ4n) is 3.03. The van der Waals surface area contributed by atoms with E-state index in [0.717, 1.165) is 39.1 Å². The maximum atomic E-state index is 11.5. The smallest absolute Gasteiger partial charge is 0.177 e. The van der Waals surface area contributed by atoms with Crippen molar-refractivity contribution in [3.05, 3.63) is 64.3 Å². The van der Waals surface area contributed by atoms with Crippen molar-refractivity contribution < 1.29 is 9.32 Å². The maximum Gasteiger partial charge on any atom is 0.177 e. The maximum absolute atomic E-state index is 11.5. The molecule has 3 heterocycles. The van der Waals surface area contributed by atoms with E-state index in [0.29, 0.717) is 12.2 Å². The zero-order valence-corrected chi connectivity index (χ0v) is 14.3. The summed E-state index contributed by atoms with van der Waals surface area (Å²) in [7, 11) is 0. The summed E-state index contributed by atoms with van der Waals surface area (Å²) < 4.78 is 7.49. The minimum atomic E-state index is 0.510. The molecule has 1 aromatic carbocycles. The number of para-hydroxylation sites is 1. The van der Waals surface area contributed by atoms with Gasteiger partial charge in [0.25, 0.3) is 0 Å². The van der Waals surface area contributed by atoms with Gasteiger partial charge in [0.2, 0.25) is 0 Å². The van der Waals surface area contributed by atoms with Gasteiger partial charge in [0.15, 0.2) is 12.0 Å². The Balaban J connectivity index is 1.75. The summed E-state index contributed by atoms with van der Waals surface area (Å²) in [6.07, 6.45) is 0.892. The van der Waals surface area contributed by atoms with Crippen LogP contribution >= 0.6 is 11.3 Å². The fourth-order valence-corrected chi connectivity index (χ4v) is 3.85. The molecular weight excluding hydrogens is 320 g/mol. The Labute approximate surface area is 143 Å². The molecule has 24 heavy (non-hydrogen) atoms. The topological polar surface area (TPSA) is 48.0 Å². The molecule has 5 heteroatoms. The third-order valence-electron chi connectivity index (χ3n) is 4.14. The van der Waals surface area contributed by atoms with Gasteiger partial charge in [0.05, 0.1) is 22.6 Å². The highest BCUT2D eigenvalue weighted by atomic mass is 32.1. The van der Waals surface area contributed by atoms with Crippen LogP contribution in [0.3, 0.4) is 0 Å². The molecule has 0 bridgehead atoms. The fraction of sp³-hybridized carbons (Fsp3) is 0.158. The number of carbonyl (C=O) groups excluding carboxylic acids is 1. The number of hydrogen-bond donors (Lipinski definition) is 0. The van der Waals surface area contributed by atoms with Gasteiger partial charge in [0, 0.05) is 16.3 Å². The standard InChI is InChI=1S/C19H16N2O2S/c1-12-4-3-5-14-8-16(11-22)21(19(12)14)10-15-9-17(23-20-15)18-7-6-13(2)24-18/h3-9,11H,10H2,1-2H3. The number of nitrogens with zero attached hydrogens (tertiary/aromatic N) is 2. The van der Waals surface area contributed by atoms with E-state index in [1.807, 2.05) is 34.9 Å². The van der Waals surface area contributed by atoms with Crippen molar-refractivity contribution in [3.63, 3.8) is 0 Å². The van der Waals surface area contributed by atoms with E-state index < -0.39 is 0 Å². The first-order valence-corrected chi connectivity index (χ1v) is 8.54. The third kappa shape index (κ3) is 2.47. The molecule has 0 saturated carbocycles. The molecule has 0 amide bonds. The van der Waals surface area contributed by atoms with Crippen molar-refractivity contribution in [1.82, 2.24) is 9.72 Å². The molecule has 4 nitrogen and oxygen atoms in total. The summed E-state index contributed by atoms with van der Waals surface area (Å²) in [5.41, 5.74) is 3.66. The third-order valence-corrected chi connectivity index (χ3v) is 5.15. The second-order valence-corrected chi connectivity index (χ2v) is 7.17. The number of aryl methyl sites for hydroxylation is 2. The molecule has 0 aliphatic heterocycles. The first-order chi connectivity index (χ1) is 11.7. The van der Waals surface area contributed by atoms with Crippen LogP contribution in [0.2, 0.25) is 0 Å². The van der Waals surface area contributed by atoms with Crippen LogP contribution in [-0.2, 0) is 6.54 Å². The SMILES string of the molecule is Cc1ccc(-c2cc(Cn3c(C=O)cc4cccc(C)c43)no2)s1. The van der Waals surface area contributed by atoms with Gasteiger partial charge in [-0.15, -0.1) is 11.3 Å². The highest BCUT2D eigenvalue weighted by molar-refractivity contribution is 7.15. The molecule has 120 valence electrons. The molecular formula is C19H16N2O2S. The molecule has 3 aromatic heterocycles. The molecule has 0 fully saturated rings. The molecule has 0 spiro atoms. The lowest BCUT2D eigenvalue weighted by Gasteiger charge is -2.07. The predicted molar refractivity (Wildman–Crippen MR) is 95.7 cm³/mol. The number of fused-ring (bicyclic) bond motifs is 1. The Morgan fingerprint density at radius 1 is 1.21 bits per heavy atom. The van der Waals surface area contributed by atoms with Crippen LogP contribution in [0.1, 0.15) is 26.6 Å². The second kappa shape index (κ2) is 5.76. The highest BCUT2D eigenvalue weighted by Crippen LogP contribution is 2.29. The number of aldehydes is 1. The Kier molecular flexibility index (Phi) is 3.58. The van der Waals surface area contributed by atoms with Gasteiger partial charge >= 0.3 is 0 Å². The van der Waals surface area contributed by atoms with E-state index in [1.54, 1.807) is 11.3 Å². The van der Waals surface area contributed by atoms with Crippen LogP contribution in [0.15, 0.2) is 47.0 Å². The first-order valence-electron chi connectivity index (χ1n) is 7.72. The monoisotopic (exact) mass is 336 g/mol. The van der Waals surface area contributed by atoms with E-state index in [1.165, 1.54) is 4.88 Å². The van der Waals surface area contributed by atoms with Crippen molar-refractivity contribution in [2.45, 2.75) is 20.4 Å². The first kappa shape index (κ1) is 14.9. The van der Waals surface area contributed by atoms with Gasteiger partial charge in [-0.3, -0.25) is 4.79 Å². The van der Waals surface area contributed by atoms with Crippen LogP contribution in [0, 0.1) is 13.8 Å². The number of thiophene rings is 1. The highest BCUT2D eigenvalue weighted by Gasteiger charge is 2.14. The van der Waals surface area contributed by atoms with Crippen molar-refractivity contribution in [2.24, 2.45) is 0 Å². The average molecular weight is 336 g/mol. The minimum absolute atomic E-state index is 0.510. The molecule has 0 N–H and O–H groups in total.